The minimum Gasteiger partial charge on any atom is -0.355 e. The maximum atomic E-state index is 4.29. The zero-order chi connectivity index (χ0) is 13.8. The van der Waals surface area contributed by atoms with Crippen molar-refractivity contribution in [2.45, 2.75) is 37.9 Å². The van der Waals surface area contributed by atoms with E-state index in [-0.39, 0.29) is 24.0 Å². The highest BCUT2D eigenvalue weighted by atomic mass is 127. The van der Waals surface area contributed by atoms with Crippen LogP contribution in [-0.2, 0) is 6.54 Å². The summed E-state index contributed by atoms with van der Waals surface area (Å²) in [5.74, 6) is 0.882. The van der Waals surface area contributed by atoms with Crippen LogP contribution in [0.5, 0.6) is 0 Å². The highest BCUT2D eigenvalue weighted by Gasteiger charge is 2.34. The first kappa shape index (κ1) is 16.5. The second-order valence-corrected chi connectivity index (χ2v) is 5.51. The predicted octanol–water partition coefficient (Wildman–Crippen LogP) is 0.298. The number of likely N-dealkylation sites (tertiary alicyclic amines) is 1. The fourth-order valence-electron chi connectivity index (χ4n) is 2.70. The Morgan fingerprint density at radius 2 is 2.24 bits per heavy atom. The molecular formula is C13H24IN7. The monoisotopic (exact) mass is 405 g/mol. The van der Waals surface area contributed by atoms with E-state index in [4.69, 9.17) is 0 Å². The molecule has 2 aliphatic rings. The molecule has 2 heterocycles. The van der Waals surface area contributed by atoms with Gasteiger partial charge in [0.15, 0.2) is 5.96 Å². The van der Waals surface area contributed by atoms with Crippen LogP contribution in [0.15, 0.2) is 17.6 Å². The van der Waals surface area contributed by atoms with Crippen molar-refractivity contribution in [3.8, 4) is 0 Å². The topological polar surface area (TPSA) is 70.4 Å². The lowest BCUT2D eigenvalue weighted by molar-refractivity contribution is 0.321. The third kappa shape index (κ3) is 4.80. The Bertz CT molecular complexity index is 443. The molecule has 0 radical (unpaired) electrons. The minimum atomic E-state index is 0. The van der Waals surface area contributed by atoms with Gasteiger partial charge in [0.05, 0.1) is 6.54 Å². The Labute approximate surface area is 142 Å². The second-order valence-electron chi connectivity index (χ2n) is 5.51. The van der Waals surface area contributed by atoms with E-state index < -0.39 is 0 Å². The van der Waals surface area contributed by atoms with Crippen LogP contribution in [0.3, 0.4) is 0 Å². The van der Waals surface area contributed by atoms with Crippen LogP contribution >= 0.6 is 24.0 Å². The lowest BCUT2D eigenvalue weighted by Gasteiger charge is -2.18. The van der Waals surface area contributed by atoms with Crippen LogP contribution in [0.1, 0.15) is 19.3 Å². The summed E-state index contributed by atoms with van der Waals surface area (Å²) in [6.45, 7) is 3.95. The molecule has 1 aliphatic carbocycles. The first-order chi connectivity index (χ1) is 9.85. The van der Waals surface area contributed by atoms with Crippen LogP contribution in [0, 0.1) is 0 Å². The van der Waals surface area contributed by atoms with E-state index in [1.165, 1.54) is 25.8 Å². The fourth-order valence-corrected chi connectivity index (χ4v) is 2.70. The molecule has 0 bridgehead atoms. The Balaban J connectivity index is 0.00000161. The van der Waals surface area contributed by atoms with Gasteiger partial charge in [0.2, 0.25) is 0 Å². The summed E-state index contributed by atoms with van der Waals surface area (Å²) in [5, 5.41) is 10.9. The van der Waals surface area contributed by atoms with Gasteiger partial charge in [-0.2, -0.15) is 5.10 Å². The lowest BCUT2D eigenvalue weighted by Crippen LogP contribution is -2.45. The predicted molar refractivity (Wildman–Crippen MR) is 92.9 cm³/mol. The lowest BCUT2D eigenvalue weighted by atomic mass is 10.3. The zero-order valence-electron chi connectivity index (χ0n) is 12.4. The van der Waals surface area contributed by atoms with Gasteiger partial charge < -0.3 is 10.6 Å². The van der Waals surface area contributed by atoms with Crippen LogP contribution in [0.4, 0.5) is 0 Å². The summed E-state index contributed by atoms with van der Waals surface area (Å²) in [4.78, 5) is 10.8. The van der Waals surface area contributed by atoms with Gasteiger partial charge >= 0.3 is 0 Å². The highest BCUT2D eigenvalue weighted by molar-refractivity contribution is 14.0. The molecule has 2 N–H and O–H groups in total. The van der Waals surface area contributed by atoms with E-state index in [0.29, 0.717) is 6.04 Å². The number of halogens is 1. The maximum absolute atomic E-state index is 4.29. The van der Waals surface area contributed by atoms with E-state index in [9.17, 15) is 0 Å². The molecule has 2 fully saturated rings. The van der Waals surface area contributed by atoms with Crippen LogP contribution in [0.25, 0.3) is 0 Å². The van der Waals surface area contributed by atoms with Crippen LogP contribution in [-0.4, -0.2) is 64.4 Å². The van der Waals surface area contributed by atoms with Gasteiger partial charge in [0, 0.05) is 38.8 Å². The first-order valence-electron chi connectivity index (χ1n) is 7.39. The molecule has 1 aromatic rings. The molecule has 118 valence electrons. The molecule has 1 unspecified atom stereocenters. The summed E-state index contributed by atoms with van der Waals surface area (Å²) >= 11 is 0. The third-order valence-electron chi connectivity index (χ3n) is 3.95. The Morgan fingerprint density at radius 3 is 2.90 bits per heavy atom. The van der Waals surface area contributed by atoms with Gasteiger partial charge in [0.1, 0.15) is 12.7 Å². The molecule has 0 spiro atoms. The minimum absolute atomic E-state index is 0. The fraction of sp³-hybridized carbons (Fsp3) is 0.769. The summed E-state index contributed by atoms with van der Waals surface area (Å²) in [7, 11) is 1.82. The number of hydrogen-bond acceptors (Lipinski definition) is 4. The van der Waals surface area contributed by atoms with E-state index >= 15 is 0 Å². The van der Waals surface area contributed by atoms with E-state index in [0.717, 1.165) is 31.6 Å². The molecule has 1 atom stereocenters. The Hall–Kier alpha value is -0.900. The zero-order valence-corrected chi connectivity index (χ0v) is 14.7. The van der Waals surface area contributed by atoms with Gasteiger partial charge in [-0.3, -0.25) is 14.6 Å². The molecule has 8 heteroatoms. The van der Waals surface area contributed by atoms with Crippen molar-refractivity contribution in [1.82, 2.24) is 30.3 Å². The largest absolute Gasteiger partial charge is 0.355 e. The van der Waals surface area contributed by atoms with Crippen molar-refractivity contribution in [2.24, 2.45) is 4.99 Å². The molecule has 1 saturated heterocycles. The number of nitrogens with zero attached hydrogens (tertiary/aromatic N) is 5. The van der Waals surface area contributed by atoms with Crippen molar-refractivity contribution in [1.29, 1.82) is 0 Å². The summed E-state index contributed by atoms with van der Waals surface area (Å²) in [6, 6.07) is 1.39. The van der Waals surface area contributed by atoms with Crippen molar-refractivity contribution >= 4 is 29.9 Å². The van der Waals surface area contributed by atoms with Crippen LogP contribution < -0.4 is 10.6 Å². The summed E-state index contributed by atoms with van der Waals surface area (Å²) in [5.41, 5.74) is 0. The number of aliphatic imine (C=N–C) groups is 1. The van der Waals surface area contributed by atoms with Crippen molar-refractivity contribution < 1.29 is 0 Å². The maximum Gasteiger partial charge on any atom is 0.191 e. The number of nitrogens with one attached hydrogen (secondary N) is 2. The molecule has 1 saturated carbocycles. The van der Waals surface area contributed by atoms with Crippen molar-refractivity contribution in [3.63, 3.8) is 0 Å². The quantitative estimate of drug-likeness (QED) is 0.419. The van der Waals surface area contributed by atoms with Gasteiger partial charge in [-0.25, -0.2) is 4.98 Å². The normalized spacial score (nSPS) is 22.9. The SMILES string of the molecule is CN=C(NCCn1cncn1)NC1CCN(C2CC2)C1.I. The summed E-state index contributed by atoms with van der Waals surface area (Å²) < 4.78 is 1.81. The van der Waals surface area contributed by atoms with Crippen LogP contribution in [0.2, 0.25) is 0 Å². The standard InChI is InChI=1S/C13H23N7.HI/c1-14-13(16-5-7-20-10-15-9-17-20)18-11-4-6-19(8-11)12-2-3-12;/h9-12H,2-8H2,1H3,(H2,14,16,18);1H. The Morgan fingerprint density at radius 1 is 1.38 bits per heavy atom. The van der Waals surface area contributed by atoms with Gasteiger partial charge in [-0.1, -0.05) is 0 Å². The molecule has 3 rings (SSSR count). The second kappa shape index (κ2) is 7.92. The Kier molecular flexibility index (Phi) is 6.22. The number of hydrogen-bond donors (Lipinski definition) is 2. The molecule has 0 amide bonds. The molecule has 7 nitrogen and oxygen atoms in total. The first-order valence-corrected chi connectivity index (χ1v) is 7.39. The number of guanidine groups is 1. The van der Waals surface area contributed by atoms with E-state index in [1.54, 1.807) is 12.7 Å². The van der Waals surface area contributed by atoms with Gasteiger partial charge in [-0.05, 0) is 19.3 Å². The molecule has 0 aromatic carbocycles. The molecule has 21 heavy (non-hydrogen) atoms. The van der Waals surface area contributed by atoms with E-state index in [2.05, 4.69) is 30.6 Å². The highest BCUT2D eigenvalue weighted by Crippen LogP contribution is 2.29. The van der Waals surface area contributed by atoms with Crippen molar-refractivity contribution in [2.75, 3.05) is 26.7 Å². The number of rotatable bonds is 5. The molecule has 1 aliphatic heterocycles. The van der Waals surface area contributed by atoms with Gasteiger partial charge in [-0.15, -0.1) is 24.0 Å². The van der Waals surface area contributed by atoms with Gasteiger partial charge in [0.25, 0.3) is 0 Å². The third-order valence-corrected chi connectivity index (χ3v) is 3.95. The smallest absolute Gasteiger partial charge is 0.191 e. The molecular weight excluding hydrogens is 381 g/mol. The average molecular weight is 405 g/mol. The average Bonchev–Trinajstić information content (AvgIpc) is 2.99. The molecule has 1 aromatic heterocycles. The summed E-state index contributed by atoms with van der Waals surface area (Å²) in [6.07, 6.45) is 7.26. The number of aromatic nitrogens is 3. The van der Waals surface area contributed by atoms with Crippen molar-refractivity contribution in [3.05, 3.63) is 12.7 Å². The van der Waals surface area contributed by atoms with E-state index in [1.807, 2.05) is 11.7 Å².